The van der Waals surface area contributed by atoms with E-state index in [1.54, 1.807) is 12.3 Å². The Bertz CT molecular complexity index is 400. The van der Waals surface area contributed by atoms with Crippen LogP contribution in [0, 0.1) is 0 Å². The van der Waals surface area contributed by atoms with Crippen molar-refractivity contribution >= 4 is 17.4 Å². The zero-order valence-electron chi connectivity index (χ0n) is 7.11. The molecule has 0 aliphatic heterocycles. The molecular weight excluding hydrogens is 204 g/mol. The Morgan fingerprint density at radius 3 is 3.07 bits per heavy atom. The van der Waals surface area contributed by atoms with Crippen molar-refractivity contribution in [3.63, 3.8) is 0 Å². The van der Waals surface area contributed by atoms with Crippen LogP contribution in [0.5, 0.6) is 0 Å². The first kappa shape index (κ1) is 8.89. The fourth-order valence-corrected chi connectivity index (χ4v) is 1.07. The van der Waals surface area contributed by atoms with Crippen molar-refractivity contribution in [3.8, 4) is 0 Å². The van der Waals surface area contributed by atoms with Crippen LogP contribution in [0.1, 0.15) is 5.69 Å². The molecule has 2 heterocycles. The van der Waals surface area contributed by atoms with Gasteiger partial charge in [0.2, 0.25) is 0 Å². The summed E-state index contributed by atoms with van der Waals surface area (Å²) in [4.78, 5) is 7.74. The molecule has 72 valence electrons. The number of hydrogen-bond acceptors (Lipinski definition) is 5. The molecule has 0 radical (unpaired) electrons. The lowest BCUT2D eigenvalue weighted by atomic mass is 10.4. The van der Waals surface area contributed by atoms with Crippen LogP contribution in [0.4, 0.5) is 5.82 Å². The Labute approximate surface area is 84.7 Å². The van der Waals surface area contributed by atoms with Crippen molar-refractivity contribution in [1.29, 1.82) is 0 Å². The fraction of sp³-hybridized carbons (Fsp3) is 0.143. The summed E-state index contributed by atoms with van der Waals surface area (Å²) < 4.78 is 0. The van der Waals surface area contributed by atoms with E-state index in [2.05, 4.69) is 30.7 Å². The first-order valence-corrected chi connectivity index (χ1v) is 4.28. The summed E-state index contributed by atoms with van der Waals surface area (Å²) >= 11 is 5.68. The average Bonchev–Trinajstić information content (AvgIpc) is 2.67. The highest BCUT2D eigenvalue weighted by atomic mass is 35.5. The summed E-state index contributed by atoms with van der Waals surface area (Å²) in [6.45, 7) is 0.545. The number of aromatic nitrogens is 5. The van der Waals surface area contributed by atoms with Gasteiger partial charge in [0.05, 0.1) is 12.7 Å². The fourth-order valence-electron chi connectivity index (χ4n) is 0.922. The molecule has 0 saturated carbocycles. The Morgan fingerprint density at radius 2 is 2.36 bits per heavy atom. The van der Waals surface area contributed by atoms with E-state index in [0.29, 0.717) is 17.5 Å². The molecule has 0 spiro atoms. The Balaban J connectivity index is 1.98. The molecule has 0 fully saturated rings. The predicted octanol–water partition coefficient (Wildman–Crippen LogP) is 0.860. The van der Waals surface area contributed by atoms with Crippen molar-refractivity contribution in [2.75, 3.05) is 5.32 Å². The van der Waals surface area contributed by atoms with Gasteiger partial charge >= 0.3 is 0 Å². The van der Waals surface area contributed by atoms with Gasteiger partial charge in [-0.05, 0) is 0 Å². The molecule has 0 bridgehead atoms. The van der Waals surface area contributed by atoms with Crippen LogP contribution < -0.4 is 5.32 Å². The van der Waals surface area contributed by atoms with Crippen LogP contribution in [0.15, 0.2) is 18.6 Å². The van der Waals surface area contributed by atoms with E-state index in [4.69, 9.17) is 11.6 Å². The molecule has 0 atom stereocenters. The molecule has 2 aromatic rings. The quantitative estimate of drug-likeness (QED) is 0.735. The van der Waals surface area contributed by atoms with Crippen molar-refractivity contribution in [3.05, 3.63) is 29.4 Å². The number of rotatable bonds is 3. The number of H-pyrrole nitrogens is 1. The zero-order valence-corrected chi connectivity index (χ0v) is 7.86. The number of nitrogens with zero attached hydrogens (tertiary/aromatic N) is 4. The molecule has 0 aromatic carbocycles. The monoisotopic (exact) mass is 210 g/mol. The minimum absolute atomic E-state index is 0.405. The van der Waals surface area contributed by atoms with Gasteiger partial charge in [-0.2, -0.15) is 15.4 Å². The number of aromatic amines is 1. The molecule has 0 saturated heterocycles. The van der Waals surface area contributed by atoms with Crippen LogP contribution in [-0.2, 0) is 6.54 Å². The van der Waals surface area contributed by atoms with Gasteiger partial charge in [-0.3, -0.25) is 0 Å². The normalized spacial score (nSPS) is 10.1. The standard InChI is InChI=1S/C7H7ClN6/c8-6-1-7(11-4-10-6)9-2-5-3-12-14-13-5/h1,3-4H,2H2,(H,9,10,11)(H,12,13,14). The largest absolute Gasteiger partial charge is 0.364 e. The summed E-state index contributed by atoms with van der Waals surface area (Å²) in [5, 5.41) is 13.5. The third-order valence-electron chi connectivity index (χ3n) is 1.55. The van der Waals surface area contributed by atoms with E-state index in [9.17, 15) is 0 Å². The lowest BCUT2D eigenvalue weighted by Gasteiger charge is -2.01. The predicted molar refractivity (Wildman–Crippen MR) is 50.8 cm³/mol. The zero-order chi connectivity index (χ0) is 9.80. The molecule has 6 nitrogen and oxygen atoms in total. The maximum atomic E-state index is 5.68. The van der Waals surface area contributed by atoms with Crippen molar-refractivity contribution in [1.82, 2.24) is 25.4 Å². The lowest BCUT2D eigenvalue weighted by molar-refractivity contribution is 0.908. The molecule has 14 heavy (non-hydrogen) atoms. The van der Waals surface area contributed by atoms with Gasteiger partial charge in [0, 0.05) is 6.07 Å². The van der Waals surface area contributed by atoms with Crippen molar-refractivity contribution in [2.24, 2.45) is 0 Å². The molecule has 0 aliphatic carbocycles. The molecule has 0 aliphatic rings. The summed E-state index contributed by atoms with van der Waals surface area (Å²) in [7, 11) is 0. The highest BCUT2D eigenvalue weighted by Crippen LogP contribution is 2.08. The number of nitrogens with one attached hydrogen (secondary N) is 2. The van der Waals surface area contributed by atoms with E-state index in [1.807, 2.05) is 0 Å². The van der Waals surface area contributed by atoms with E-state index in [-0.39, 0.29) is 0 Å². The van der Waals surface area contributed by atoms with Gasteiger partial charge in [-0.1, -0.05) is 11.6 Å². The average molecular weight is 211 g/mol. The van der Waals surface area contributed by atoms with Crippen LogP contribution >= 0.6 is 11.6 Å². The summed E-state index contributed by atoms with van der Waals surface area (Å²) in [6.07, 6.45) is 3.03. The van der Waals surface area contributed by atoms with Gasteiger partial charge in [-0.25, -0.2) is 9.97 Å². The van der Waals surface area contributed by atoms with Crippen LogP contribution in [0.2, 0.25) is 5.15 Å². The highest BCUT2D eigenvalue weighted by Gasteiger charge is 1.98. The molecule has 2 rings (SSSR count). The third kappa shape index (κ3) is 2.17. The van der Waals surface area contributed by atoms with Gasteiger partial charge in [0.25, 0.3) is 0 Å². The molecule has 7 heteroatoms. The minimum atomic E-state index is 0.405. The second-order valence-corrected chi connectivity index (χ2v) is 2.93. The maximum Gasteiger partial charge on any atom is 0.134 e. The summed E-state index contributed by atoms with van der Waals surface area (Å²) in [5.41, 5.74) is 0.805. The topological polar surface area (TPSA) is 79.4 Å². The van der Waals surface area contributed by atoms with Gasteiger partial charge < -0.3 is 5.32 Å². The van der Waals surface area contributed by atoms with E-state index in [1.165, 1.54) is 6.33 Å². The number of halogens is 1. The molecule has 2 N–H and O–H groups in total. The van der Waals surface area contributed by atoms with E-state index in [0.717, 1.165) is 5.69 Å². The molecule has 0 unspecified atom stereocenters. The van der Waals surface area contributed by atoms with Crippen LogP contribution in [-0.4, -0.2) is 25.4 Å². The van der Waals surface area contributed by atoms with Gasteiger partial charge in [-0.15, -0.1) is 0 Å². The second-order valence-electron chi connectivity index (χ2n) is 2.54. The van der Waals surface area contributed by atoms with Gasteiger partial charge in [0.15, 0.2) is 0 Å². The Kier molecular flexibility index (Phi) is 2.55. The summed E-state index contributed by atoms with van der Waals surface area (Å²) in [6, 6.07) is 1.64. The highest BCUT2D eigenvalue weighted by molar-refractivity contribution is 6.29. The Morgan fingerprint density at radius 1 is 1.43 bits per heavy atom. The third-order valence-corrected chi connectivity index (χ3v) is 1.76. The number of hydrogen-bond donors (Lipinski definition) is 2. The molecule has 2 aromatic heterocycles. The second kappa shape index (κ2) is 4.01. The van der Waals surface area contributed by atoms with E-state index >= 15 is 0 Å². The summed E-state index contributed by atoms with van der Waals surface area (Å²) in [5.74, 6) is 0.660. The van der Waals surface area contributed by atoms with Gasteiger partial charge in [0.1, 0.15) is 23.0 Å². The smallest absolute Gasteiger partial charge is 0.134 e. The first-order valence-electron chi connectivity index (χ1n) is 3.90. The lowest BCUT2D eigenvalue weighted by Crippen LogP contribution is -2.01. The molecule has 0 amide bonds. The molecular formula is C7H7ClN6. The number of anilines is 1. The first-order chi connectivity index (χ1) is 6.84. The van der Waals surface area contributed by atoms with E-state index < -0.39 is 0 Å². The van der Waals surface area contributed by atoms with Crippen molar-refractivity contribution < 1.29 is 0 Å². The van der Waals surface area contributed by atoms with Crippen molar-refractivity contribution in [2.45, 2.75) is 6.54 Å². The van der Waals surface area contributed by atoms with Crippen LogP contribution in [0.3, 0.4) is 0 Å². The van der Waals surface area contributed by atoms with Crippen LogP contribution in [0.25, 0.3) is 0 Å². The Hall–Kier alpha value is -1.69. The maximum absolute atomic E-state index is 5.68. The minimum Gasteiger partial charge on any atom is -0.364 e. The SMILES string of the molecule is Clc1cc(NCc2cn[nH]n2)ncn1.